The van der Waals surface area contributed by atoms with Gasteiger partial charge in [-0.05, 0) is 26.0 Å². The minimum absolute atomic E-state index is 0.328. The average molecular weight is 176 g/mol. The van der Waals surface area contributed by atoms with E-state index >= 15 is 0 Å². The number of carbonyl (C=O) groups is 1. The van der Waals surface area contributed by atoms with Crippen LogP contribution in [0.4, 0.5) is 0 Å². The summed E-state index contributed by atoms with van der Waals surface area (Å²) < 4.78 is 5.01. The van der Waals surface area contributed by atoms with Gasteiger partial charge in [0.05, 0.1) is 0 Å². The van der Waals surface area contributed by atoms with Gasteiger partial charge in [-0.25, -0.2) is 4.79 Å². The van der Waals surface area contributed by atoms with Gasteiger partial charge in [-0.3, -0.25) is 0 Å². The van der Waals surface area contributed by atoms with Crippen LogP contribution < -0.4 is 4.74 Å². The Bertz CT molecular complexity index is 308. The van der Waals surface area contributed by atoms with Crippen LogP contribution in [0.5, 0.6) is 5.75 Å². The van der Waals surface area contributed by atoms with Gasteiger partial charge in [0.15, 0.2) is 0 Å². The van der Waals surface area contributed by atoms with Crippen LogP contribution in [0.1, 0.15) is 13.8 Å². The zero-order chi connectivity index (χ0) is 9.68. The summed E-state index contributed by atoms with van der Waals surface area (Å²) in [6.45, 7) is 3.71. The minimum atomic E-state index is -0.328. The smallest absolute Gasteiger partial charge is 0.336 e. The molecule has 68 valence electrons. The molecular formula is C11H12O2. The highest BCUT2D eigenvalue weighted by molar-refractivity contribution is 5.84. The predicted octanol–water partition coefficient (Wildman–Crippen LogP) is 2.56. The minimum Gasteiger partial charge on any atom is -0.423 e. The van der Waals surface area contributed by atoms with Crippen LogP contribution in [-0.2, 0) is 4.79 Å². The lowest BCUT2D eigenvalue weighted by Gasteiger charge is -1.99. The van der Waals surface area contributed by atoms with Crippen molar-refractivity contribution in [1.82, 2.24) is 0 Å². The van der Waals surface area contributed by atoms with Crippen LogP contribution in [0, 0.1) is 0 Å². The van der Waals surface area contributed by atoms with Gasteiger partial charge in [-0.1, -0.05) is 23.8 Å². The summed E-state index contributed by atoms with van der Waals surface area (Å²) in [7, 11) is 0. The first-order chi connectivity index (χ1) is 6.18. The number of carbonyl (C=O) groups excluding carboxylic acids is 1. The SMILES string of the molecule is CC(C)=CC(=O)Oc1ccccc1. The number of hydrogen-bond acceptors (Lipinski definition) is 2. The number of ether oxygens (including phenoxy) is 1. The van der Waals surface area contributed by atoms with Crippen molar-refractivity contribution in [2.45, 2.75) is 13.8 Å². The van der Waals surface area contributed by atoms with E-state index < -0.39 is 0 Å². The lowest BCUT2D eigenvalue weighted by Crippen LogP contribution is -2.03. The first kappa shape index (κ1) is 9.52. The Morgan fingerprint density at radius 3 is 2.38 bits per heavy atom. The van der Waals surface area contributed by atoms with E-state index in [-0.39, 0.29) is 5.97 Å². The molecule has 2 heteroatoms. The van der Waals surface area contributed by atoms with E-state index in [9.17, 15) is 4.79 Å². The number of esters is 1. The topological polar surface area (TPSA) is 26.3 Å². The molecule has 0 atom stereocenters. The summed E-state index contributed by atoms with van der Waals surface area (Å²) in [5, 5.41) is 0. The lowest BCUT2D eigenvalue weighted by molar-refractivity contribution is -0.129. The normalized spacial score (nSPS) is 9.08. The van der Waals surface area contributed by atoms with Crippen LogP contribution >= 0.6 is 0 Å². The molecule has 1 aromatic carbocycles. The van der Waals surface area contributed by atoms with Crippen LogP contribution in [0.15, 0.2) is 42.0 Å². The van der Waals surface area contributed by atoms with Crippen molar-refractivity contribution in [3.8, 4) is 5.75 Å². The third-order valence-corrected chi connectivity index (χ3v) is 1.37. The fraction of sp³-hybridized carbons (Fsp3) is 0.182. The van der Waals surface area contributed by atoms with E-state index in [4.69, 9.17) is 4.74 Å². The maximum Gasteiger partial charge on any atom is 0.336 e. The van der Waals surface area contributed by atoms with Crippen molar-refractivity contribution in [3.63, 3.8) is 0 Å². The maximum absolute atomic E-state index is 11.1. The molecule has 0 bridgehead atoms. The third kappa shape index (κ3) is 3.56. The summed E-state index contributed by atoms with van der Waals surface area (Å²) in [5.41, 5.74) is 0.931. The highest BCUT2D eigenvalue weighted by Gasteiger charge is 1.98. The Morgan fingerprint density at radius 1 is 1.23 bits per heavy atom. The number of allylic oxidation sites excluding steroid dienone is 1. The van der Waals surface area contributed by atoms with Gasteiger partial charge in [0.2, 0.25) is 0 Å². The number of para-hydroxylation sites is 1. The van der Waals surface area contributed by atoms with Gasteiger partial charge in [0, 0.05) is 6.08 Å². The highest BCUT2D eigenvalue weighted by Crippen LogP contribution is 2.08. The standard InChI is InChI=1S/C11H12O2/c1-9(2)8-11(12)13-10-6-4-3-5-7-10/h3-8H,1-2H3. The maximum atomic E-state index is 11.1. The van der Waals surface area contributed by atoms with E-state index in [0.717, 1.165) is 5.57 Å². The van der Waals surface area contributed by atoms with Crippen molar-refractivity contribution in [3.05, 3.63) is 42.0 Å². The predicted molar refractivity (Wildman–Crippen MR) is 51.5 cm³/mol. The molecule has 0 unspecified atom stereocenters. The van der Waals surface area contributed by atoms with Crippen LogP contribution in [0.3, 0.4) is 0 Å². The molecule has 0 fully saturated rings. The number of hydrogen-bond donors (Lipinski definition) is 0. The Balaban J connectivity index is 2.61. The first-order valence-corrected chi connectivity index (χ1v) is 4.10. The van der Waals surface area contributed by atoms with E-state index in [1.54, 1.807) is 12.1 Å². The molecule has 0 spiro atoms. The molecule has 0 aromatic heterocycles. The fourth-order valence-electron chi connectivity index (χ4n) is 0.870. The second kappa shape index (κ2) is 4.45. The number of benzene rings is 1. The van der Waals surface area contributed by atoms with Gasteiger partial charge in [-0.2, -0.15) is 0 Å². The zero-order valence-corrected chi connectivity index (χ0v) is 7.78. The highest BCUT2D eigenvalue weighted by atomic mass is 16.5. The van der Waals surface area contributed by atoms with Crippen molar-refractivity contribution in [2.24, 2.45) is 0 Å². The monoisotopic (exact) mass is 176 g/mol. The molecule has 0 saturated carbocycles. The average Bonchev–Trinajstić information content (AvgIpc) is 2.04. The molecule has 1 rings (SSSR count). The quantitative estimate of drug-likeness (QED) is 0.393. The Morgan fingerprint density at radius 2 is 1.85 bits per heavy atom. The molecule has 0 aliphatic rings. The summed E-state index contributed by atoms with van der Waals surface area (Å²) in [6.07, 6.45) is 1.47. The summed E-state index contributed by atoms with van der Waals surface area (Å²) >= 11 is 0. The van der Waals surface area contributed by atoms with Crippen molar-refractivity contribution >= 4 is 5.97 Å². The van der Waals surface area contributed by atoms with Gasteiger partial charge in [0.1, 0.15) is 5.75 Å². The van der Waals surface area contributed by atoms with Crippen molar-refractivity contribution in [2.75, 3.05) is 0 Å². The van der Waals surface area contributed by atoms with Crippen LogP contribution in [0.25, 0.3) is 0 Å². The van der Waals surface area contributed by atoms with Gasteiger partial charge < -0.3 is 4.74 Å². The molecule has 1 aromatic rings. The van der Waals surface area contributed by atoms with Gasteiger partial charge in [-0.15, -0.1) is 0 Å². The van der Waals surface area contributed by atoms with Gasteiger partial charge in [0.25, 0.3) is 0 Å². The molecule has 2 nitrogen and oxygen atoms in total. The molecule has 0 aliphatic carbocycles. The second-order valence-corrected chi connectivity index (χ2v) is 2.96. The molecule has 0 N–H and O–H groups in total. The largest absolute Gasteiger partial charge is 0.423 e. The third-order valence-electron chi connectivity index (χ3n) is 1.37. The lowest BCUT2D eigenvalue weighted by atomic mass is 10.3. The Labute approximate surface area is 77.8 Å². The zero-order valence-electron chi connectivity index (χ0n) is 7.78. The molecular weight excluding hydrogens is 164 g/mol. The molecule has 0 heterocycles. The second-order valence-electron chi connectivity index (χ2n) is 2.96. The summed E-state index contributed by atoms with van der Waals surface area (Å²) in [6, 6.07) is 9.02. The van der Waals surface area contributed by atoms with E-state index in [1.165, 1.54) is 6.08 Å². The first-order valence-electron chi connectivity index (χ1n) is 4.10. The Kier molecular flexibility index (Phi) is 3.26. The fourth-order valence-corrected chi connectivity index (χ4v) is 0.870. The molecule has 13 heavy (non-hydrogen) atoms. The van der Waals surface area contributed by atoms with Crippen molar-refractivity contribution < 1.29 is 9.53 Å². The van der Waals surface area contributed by atoms with E-state index in [1.807, 2.05) is 32.0 Å². The molecule has 0 radical (unpaired) electrons. The van der Waals surface area contributed by atoms with E-state index in [2.05, 4.69) is 0 Å². The van der Waals surface area contributed by atoms with Crippen molar-refractivity contribution in [1.29, 1.82) is 0 Å². The molecule has 0 amide bonds. The Hall–Kier alpha value is -1.57. The van der Waals surface area contributed by atoms with Crippen LogP contribution in [-0.4, -0.2) is 5.97 Å². The van der Waals surface area contributed by atoms with Gasteiger partial charge >= 0.3 is 5.97 Å². The summed E-state index contributed by atoms with van der Waals surface area (Å²) in [4.78, 5) is 11.1. The summed E-state index contributed by atoms with van der Waals surface area (Å²) in [5.74, 6) is 0.246. The number of rotatable bonds is 2. The van der Waals surface area contributed by atoms with Crippen LogP contribution in [0.2, 0.25) is 0 Å². The molecule has 0 saturated heterocycles. The molecule has 0 aliphatic heterocycles. The van der Waals surface area contributed by atoms with E-state index in [0.29, 0.717) is 5.75 Å².